The van der Waals surface area contributed by atoms with Crippen molar-refractivity contribution < 1.29 is 14.3 Å². The number of fused-ring (bicyclic) bond motifs is 1. The normalized spacial score (nSPS) is 29.0. The second-order valence-corrected chi connectivity index (χ2v) is 8.53. The van der Waals surface area contributed by atoms with Gasteiger partial charge in [0.1, 0.15) is 5.60 Å². The number of hydrogen-bond acceptors (Lipinski definition) is 5. The first-order valence-corrected chi connectivity index (χ1v) is 10.2. The molecule has 1 spiro atoms. The van der Waals surface area contributed by atoms with E-state index in [4.69, 9.17) is 4.74 Å². The van der Waals surface area contributed by atoms with E-state index >= 15 is 0 Å². The summed E-state index contributed by atoms with van der Waals surface area (Å²) in [6.45, 7) is 3.38. The predicted octanol–water partition coefficient (Wildman–Crippen LogP) is 1.06. The van der Waals surface area contributed by atoms with Crippen LogP contribution >= 0.6 is 0 Å². The van der Waals surface area contributed by atoms with Crippen molar-refractivity contribution >= 4 is 11.8 Å². The highest BCUT2D eigenvalue weighted by Gasteiger charge is 2.67. The largest absolute Gasteiger partial charge is 0.360 e. The van der Waals surface area contributed by atoms with Crippen LogP contribution in [-0.2, 0) is 34.5 Å². The van der Waals surface area contributed by atoms with Gasteiger partial charge in [0.2, 0.25) is 11.8 Å². The summed E-state index contributed by atoms with van der Waals surface area (Å²) in [7, 11) is 3.66. The molecule has 0 N–H and O–H groups in total. The Kier molecular flexibility index (Phi) is 4.28. The SMILES string of the molecule is Cc1c(CN(C)C(=O)[C@@H]2[C@@H]3C=C[C@@]4(CN(Cc5cccnc5)C(=O)[C@H]24)O3)cnn1C. The minimum absolute atomic E-state index is 0.0185. The molecule has 8 heteroatoms. The average molecular weight is 407 g/mol. The van der Waals surface area contributed by atoms with Crippen LogP contribution in [0.15, 0.2) is 42.9 Å². The Bertz CT molecular complexity index is 1030. The van der Waals surface area contributed by atoms with E-state index in [1.54, 1.807) is 40.1 Å². The summed E-state index contributed by atoms with van der Waals surface area (Å²) in [5.41, 5.74) is 2.29. The maximum absolute atomic E-state index is 13.4. The van der Waals surface area contributed by atoms with Gasteiger partial charge in [0.25, 0.3) is 0 Å². The molecule has 8 nitrogen and oxygen atoms in total. The number of nitrogens with zero attached hydrogens (tertiary/aromatic N) is 5. The molecule has 30 heavy (non-hydrogen) atoms. The van der Waals surface area contributed by atoms with Crippen molar-refractivity contribution in [1.82, 2.24) is 24.6 Å². The number of aromatic nitrogens is 3. The number of likely N-dealkylation sites (tertiary alicyclic amines) is 1. The van der Waals surface area contributed by atoms with Gasteiger partial charge in [0, 0.05) is 50.8 Å². The fraction of sp³-hybridized carbons (Fsp3) is 0.455. The van der Waals surface area contributed by atoms with Crippen LogP contribution < -0.4 is 0 Å². The van der Waals surface area contributed by atoms with Crippen molar-refractivity contribution in [3.05, 3.63) is 59.7 Å². The third-order valence-electron chi connectivity index (χ3n) is 6.68. The molecule has 2 fully saturated rings. The summed E-state index contributed by atoms with van der Waals surface area (Å²) in [6, 6.07) is 3.81. The highest BCUT2D eigenvalue weighted by molar-refractivity contribution is 5.93. The van der Waals surface area contributed by atoms with E-state index in [0.717, 1.165) is 16.8 Å². The molecular formula is C22H25N5O3. The minimum Gasteiger partial charge on any atom is -0.360 e. The van der Waals surface area contributed by atoms with Crippen molar-refractivity contribution in [2.24, 2.45) is 18.9 Å². The standard InChI is InChI=1S/C22H25N5O3/c1-14-16(10-24-26(14)3)12-25(2)20(28)18-17-6-7-22(30-17)13-27(21(29)19(18)22)11-15-5-4-8-23-9-15/h4-10,17-19H,11-13H2,1-3H3/t17-,18+,19-,22-/m0/s1. The number of ether oxygens (including phenoxy) is 1. The fourth-order valence-corrected chi connectivity index (χ4v) is 4.99. The van der Waals surface area contributed by atoms with Crippen LogP contribution in [0.25, 0.3) is 0 Å². The van der Waals surface area contributed by atoms with Crippen LogP contribution in [0, 0.1) is 18.8 Å². The zero-order valence-electron chi connectivity index (χ0n) is 17.4. The highest BCUT2D eigenvalue weighted by Crippen LogP contribution is 2.52. The van der Waals surface area contributed by atoms with Crippen LogP contribution in [0.3, 0.4) is 0 Å². The van der Waals surface area contributed by atoms with Gasteiger partial charge in [-0.05, 0) is 18.6 Å². The van der Waals surface area contributed by atoms with Crippen molar-refractivity contribution in [2.75, 3.05) is 13.6 Å². The van der Waals surface area contributed by atoms with Crippen LogP contribution in [0.2, 0.25) is 0 Å². The van der Waals surface area contributed by atoms with E-state index in [1.807, 2.05) is 38.3 Å². The van der Waals surface area contributed by atoms with Crippen molar-refractivity contribution in [3.8, 4) is 0 Å². The molecular weight excluding hydrogens is 382 g/mol. The summed E-state index contributed by atoms with van der Waals surface area (Å²) in [5, 5.41) is 4.26. The number of aryl methyl sites for hydroxylation is 1. The molecule has 2 saturated heterocycles. The molecule has 2 aromatic heterocycles. The first-order valence-electron chi connectivity index (χ1n) is 10.2. The lowest BCUT2D eigenvalue weighted by Crippen LogP contribution is -2.44. The topological polar surface area (TPSA) is 80.6 Å². The molecule has 4 atom stereocenters. The van der Waals surface area contributed by atoms with Gasteiger partial charge in [-0.3, -0.25) is 19.3 Å². The highest BCUT2D eigenvalue weighted by atomic mass is 16.5. The summed E-state index contributed by atoms with van der Waals surface area (Å²) in [5.74, 6) is -1.05. The molecule has 0 radical (unpaired) electrons. The quantitative estimate of drug-likeness (QED) is 0.693. The van der Waals surface area contributed by atoms with Gasteiger partial charge >= 0.3 is 0 Å². The molecule has 2 aromatic rings. The van der Waals surface area contributed by atoms with Crippen LogP contribution in [-0.4, -0.2) is 61.7 Å². The number of carbonyl (C=O) groups is 2. The first kappa shape index (κ1) is 19.0. The monoisotopic (exact) mass is 407 g/mol. The number of rotatable bonds is 5. The second-order valence-electron chi connectivity index (χ2n) is 8.53. The lowest BCUT2D eigenvalue weighted by Gasteiger charge is -2.27. The zero-order valence-corrected chi connectivity index (χ0v) is 17.4. The Morgan fingerprint density at radius 2 is 2.23 bits per heavy atom. The lowest BCUT2D eigenvalue weighted by atomic mass is 9.76. The predicted molar refractivity (Wildman–Crippen MR) is 108 cm³/mol. The third kappa shape index (κ3) is 2.78. The summed E-state index contributed by atoms with van der Waals surface area (Å²) in [4.78, 5) is 34.4. The van der Waals surface area contributed by atoms with Crippen LogP contribution in [0.1, 0.15) is 16.8 Å². The van der Waals surface area contributed by atoms with Gasteiger partial charge in [0.15, 0.2) is 0 Å². The minimum atomic E-state index is -0.699. The number of pyridine rings is 1. The van der Waals surface area contributed by atoms with Gasteiger partial charge in [-0.25, -0.2) is 0 Å². The van der Waals surface area contributed by atoms with E-state index in [2.05, 4.69) is 10.1 Å². The summed E-state index contributed by atoms with van der Waals surface area (Å²) >= 11 is 0. The first-order chi connectivity index (χ1) is 14.4. The van der Waals surface area contributed by atoms with Crippen molar-refractivity contribution in [1.29, 1.82) is 0 Å². The van der Waals surface area contributed by atoms with E-state index < -0.39 is 17.4 Å². The lowest BCUT2D eigenvalue weighted by molar-refractivity contribution is -0.142. The van der Waals surface area contributed by atoms with Gasteiger partial charge in [0.05, 0.1) is 30.7 Å². The van der Waals surface area contributed by atoms with E-state index in [-0.39, 0.29) is 17.9 Å². The molecule has 2 bridgehead atoms. The summed E-state index contributed by atoms with van der Waals surface area (Å²) in [6.07, 6.45) is 8.85. The fourth-order valence-electron chi connectivity index (χ4n) is 4.99. The average Bonchev–Trinajstić information content (AvgIpc) is 3.45. The smallest absolute Gasteiger partial charge is 0.230 e. The maximum atomic E-state index is 13.4. The Balaban J connectivity index is 1.36. The summed E-state index contributed by atoms with van der Waals surface area (Å²) < 4.78 is 8.03. The molecule has 5 rings (SSSR count). The molecule has 3 aliphatic rings. The van der Waals surface area contributed by atoms with Gasteiger partial charge < -0.3 is 14.5 Å². The maximum Gasteiger partial charge on any atom is 0.230 e. The van der Waals surface area contributed by atoms with Gasteiger partial charge in [-0.15, -0.1) is 0 Å². The molecule has 0 aromatic carbocycles. The van der Waals surface area contributed by atoms with E-state index in [1.165, 1.54) is 0 Å². The number of hydrogen-bond donors (Lipinski definition) is 0. The van der Waals surface area contributed by atoms with Gasteiger partial charge in [-0.2, -0.15) is 5.10 Å². The molecule has 5 heterocycles. The van der Waals surface area contributed by atoms with Crippen molar-refractivity contribution in [2.45, 2.75) is 31.7 Å². The van der Waals surface area contributed by atoms with Crippen LogP contribution in [0.4, 0.5) is 0 Å². The van der Waals surface area contributed by atoms with Crippen molar-refractivity contribution in [3.63, 3.8) is 0 Å². The Morgan fingerprint density at radius 1 is 1.40 bits per heavy atom. The zero-order chi connectivity index (χ0) is 21.0. The second kappa shape index (κ2) is 6.77. The molecule has 3 aliphatic heterocycles. The number of carbonyl (C=O) groups excluding carboxylic acids is 2. The van der Waals surface area contributed by atoms with E-state index in [0.29, 0.717) is 19.6 Å². The van der Waals surface area contributed by atoms with Gasteiger partial charge in [-0.1, -0.05) is 18.2 Å². The molecule has 0 aliphatic carbocycles. The van der Waals surface area contributed by atoms with Crippen LogP contribution in [0.5, 0.6) is 0 Å². The molecule has 156 valence electrons. The third-order valence-corrected chi connectivity index (χ3v) is 6.68. The molecule has 2 amide bonds. The Labute approximate surface area is 175 Å². The van der Waals surface area contributed by atoms with E-state index in [9.17, 15) is 9.59 Å². The molecule has 0 saturated carbocycles. The Morgan fingerprint density at radius 3 is 2.93 bits per heavy atom. The Hall–Kier alpha value is -3.00. The molecule has 0 unspecified atom stereocenters. The number of amides is 2.